The van der Waals surface area contributed by atoms with Gasteiger partial charge in [-0.3, -0.25) is 9.78 Å². The molecule has 3 saturated heterocycles. The molecule has 3 fully saturated rings. The SMILES string of the molecule is C[C@@H]1CN(c2ccc(C#N)c3ncccc23)C[C@H](C(=O)N2CCC3(CCNC3)C2)O1. The molecule has 3 aliphatic rings. The van der Waals surface area contributed by atoms with Crippen LogP contribution in [-0.4, -0.2) is 67.3 Å². The van der Waals surface area contributed by atoms with Crippen LogP contribution < -0.4 is 10.2 Å². The Balaban J connectivity index is 1.39. The maximum absolute atomic E-state index is 13.3. The summed E-state index contributed by atoms with van der Waals surface area (Å²) in [6.45, 7) is 6.94. The summed E-state index contributed by atoms with van der Waals surface area (Å²) >= 11 is 0. The third-order valence-electron chi connectivity index (χ3n) is 6.83. The predicted molar refractivity (Wildman–Crippen MR) is 114 cm³/mol. The van der Waals surface area contributed by atoms with Gasteiger partial charge in [0.1, 0.15) is 6.07 Å². The van der Waals surface area contributed by atoms with Gasteiger partial charge in [-0.25, -0.2) is 0 Å². The lowest BCUT2D eigenvalue weighted by atomic mass is 9.86. The van der Waals surface area contributed by atoms with Crippen molar-refractivity contribution in [3.05, 3.63) is 36.0 Å². The number of hydrogen-bond donors (Lipinski definition) is 1. The monoisotopic (exact) mass is 405 g/mol. The molecule has 1 N–H and O–H groups in total. The Kier molecular flexibility index (Phi) is 4.84. The number of ether oxygens (including phenoxy) is 1. The molecule has 1 unspecified atom stereocenters. The summed E-state index contributed by atoms with van der Waals surface area (Å²) in [6, 6.07) is 9.89. The fourth-order valence-electron chi connectivity index (χ4n) is 5.28. The van der Waals surface area contributed by atoms with E-state index in [1.807, 2.05) is 36.1 Å². The van der Waals surface area contributed by atoms with E-state index in [2.05, 4.69) is 21.3 Å². The molecule has 0 aliphatic carbocycles. The van der Waals surface area contributed by atoms with Crippen LogP contribution in [0.3, 0.4) is 0 Å². The lowest BCUT2D eigenvalue weighted by Crippen LogP contribution is -2.53. The van der Waals surface area contributed by atoms with Gasteiger partial charge in [0.05, 0.1) is 23.7 Å². The van der Waals surface area contributed by atoms with Crippen molar-refractivity contribution in [2.45, 2.75) is 32.0 Å². The van der Waals surface area contributed by atoms with Crippen LogP contribution in [-0.2, 0) is 9.53 Å². The second-order valence-electron chi connectivity index (χ2n) is 8.92. The summed E-state index contributed by atoms with van der Waals surface area (Å²) in [4.78, 5) is 22.0. The fraction of sp³-hybridized carbons (Fsp3) is 0.522. The summed E-state index contributed by atoms with van der Waals surface area (Å²) < 4.78 is 6.10. The van der Waals surface area contributed by atoms with E-state index < -0.39 is 6.10 Å². The Hall–Kier alpha value is -2.69. The van der Waals surface area contributed by atoms with Crippen molar-refractivity contribution in [1.82, 2.24) is 15.2 Å². The molecule has 3 aliphatic heterocycles. The number of hydrogen-bond acceptors (Lipinski definition) is 6. The molecule has 156 valence electrons. The largest absolute Gasteiger partial charge is 0.365 e. The van der Waals surface area contributed by atoms with Crippen LogP contribution in [0.2, 0.25) is 0 Å². The van der Waals surface area contributed by atoms with E-state index in [1.54, 1.807) is 6.20 Å². The van der Waals surface area contributed by atoms with Crippen LogP contribution in [0.4, 0.5) is 5.69 Å². The van der Waals surface area contributed by atoms with Crippen molar-refractivity contribution in [3.8, 4) is 6.07 Å². The number of pyridine rings is 1. The number of carbonyl (C=O) groups is 1. The average Bonchev–Trinajstić information content (AvgIpc) is 3.41. The Morgan fingerprint density at radius 2 is 2.23 bits per heavy atom. The van der Waals surface area contributed by atoms with Crippen molar-refractivity contribution >= 4 is 22.5 Å². The topological polar surface area (TPSA) is 81.5 Å². The lowest BCUT2D eigenvalue weighted by molar-refractivity contribution is -0.147. The highest BCUT2D eigenvalue weighted by atomic mass is 16.5. The second kappa shape index (κ2) is 7.53. The number of morpholine rings is 1. The molecule has 1 aromatic heterocycles. The molecule has 7 nitrogen and oxygen atoms in total. The number of anilines is 1. The van der Waals surface area contributed by atoms with Gasteiger partial charge in [0.25, 0.3) is 5.91 Å². The highest BCUT2D eigenvalue weighted by molar-refractivity contribution is 5.95. The van der Waals surface area contributed by atoms with Gasteiger partial charge < -0.3 is 19.9 Å². The molecular formula is C23H27N5O2. The molecule has 1 aromatic carbocycles. The van der Waals surface area contributed by atoms with E-state index in [0.29, 0.717) is 24.2 Å². The molecule has 0 radical (unpaired) electrons. The first-order valence-corrected chi connectivity index (χ1v) is 10.8. The number of nitrogens with one attached hydrogen (secondary N) is 1. The van der Waals surface area contributed by atoms with E-state index in [4.69, 9.17) is 4.74 Å². The first-order chi connectivity index (χ1) is 14.6. The molecule has 0 bridgehead atoms. The first-order valence-electron chi connectivity index (χ1n) is 10.8. The van der Waals surface area contributed by atoms with Gasteiger partial charge in [0, 0.05) is 48.9 Å². The number of fused-ring (bicyclic) bond motifs is 1. The van der Waals surface area contributed by atoms with E-state index in [1.165, 1.54) is 0 Å². The second-order valence-corrected chi connectivity index (χ2v) is 8.92. The number of nitrogens with zero attached hydrogens (tertiary/aromatic N) is 4. The van der Waals surface area contributed by atoms with Crippen LogP contribution in [0.15, 0.2) is 30.5 Å². The molecule has 4 heterocycles. The maximum atomic E-state index is 13.3. The Labute approximate surface area is 176 Å². The predicted octanol–water partition coefficient (Wildman–Crippen LogP) is 1.91. The summed E-state index contributed by atoms with van der Waals surface area (Å²) in [5, 5.41) is 13.8. The van der Waals surface area contributed by atoms with E-state index in [9.17, 15) is 10.1 Å². The zero-order chi connectivity index (χ0) is 20.7. The van der Waals surface area contributed by atoms with Crippen molar-refractivity contribution in [2.24, 2.45) is 5.41 Å². The quantitative estimate of drug-likeness (QED) is 0.822. The molecule has 30 heavy (non-hydrogen) atoms. The molecule has 2 aromatic rings. The van der Waals surface area contributed by atoms with Crippen LogP contribution in [0, 0.1) is 16.7 Å². The van der Waals surface area contributed by atoms with Crippen molar-refractivity contribution < 1.29 is 9.53 Å². The van der Waals surface area contributed by atoms with Gasteiger partial charge in [-0.2, -0.15) is 5.26 Å². The zero-order valence-electron chi connectivity index (χ0n) is 17.3. The normalized spacial score (nSPS) is 28.9. The van der Waals surface area contributed by atoms with Crippen molar-refractivity contribution in [1.29, 1.82) is 5.26 Å². The molecule has 7 heteroatoms. The number of carbonyl (C=O) groups excluding carboxylic acids is 1. The minimum atomic E-state index is -0.472. The number of nitriles is 1. The van der Waals surface area contributed by atoms with E-state index in [0.717, 1.165) is 50.1 Å². The molecule has 3 atom stereocenters. The number of benzene rings is 1. The highest BCUT2D eigenvalue weighted by Gasteiger charge is 2.44. The molecule has 1 spiro atoms. The molecule has 0 saturated carbocycles. The van der Waals surface area contributed by atoms with Gasteiger partial charge in [0.15, 0.2) is 6.10 Å². The van der Waals surface area contributed by atoms with Gasteiger partial charge in [-0.1, -0.05) is 0 Å². The minimum absolute atomic E-state index is 0.0558. The lowest BCUT2D eigenvalue weighted by Gasteiger charge is -2.39. The van der Waals surface area contributed by atoms with Crippen LogP contribution in [0.25, 0.3) is 10.9 Å². The standard InChI is InChI=1S/C23H27N5O2/c1-16-12-28(19-5-4-17(11-24)21-18(19)3-2-8-26-21)13-20(30-16)22(29)27-10-7-23(15-27)6-9-25-14-23/h2-5,8,16,20,25H,6-7,9-10,12-15H2,1H3/t16-,20-,23?/m1/s1. The Morgan fingerprint density at radius 1 is 1.33 bits per heavy atom. The number of rotatable bonds is 2. The average molecular weight is 406 g/mol. The van der Waals surface area contributed by atoms with Gasteiger partial charge in [-0.15, -0.1) is 0 Å². The van der Waals surface area contributed by atoms with Gasteiger partial charge in [0.2, 0.25) is 0 Å². The summed E-state index contributed by atoms with van der Waals surface area (Å²) in [7, 11) is 0. The highest BCUT2D eigenvalue weighted by Crippen LogP contribution is 2.37. The third-order valence-corrected chi connectivity index (χ3v) is 6.83. The van der Waals surface area contributed by atoms with Gasteiger partial charge >= 0.3 is 0 Å². The minimum Gasteiger partial charge on any atom is -0.365 e. The van der Waals surface area contributed by atoms with Gasteiger partial charge in [-0.05, 0) is 50.6 Å². The molecular weight excluding hydrogens is 378 g/mol. The number of aromatic nitrogens is 1. The smallest absolute Gasteiger partial charge is 0.253 e. The van der Waals surface area contributed by atoms with Crippen LogP contribution in [0.5, 0.6) is 0 Å². The number of likely N-dealkylation sites (tertiary alicyclic amines) is 1. The zero-order valence-corrected chi connectivity index (χ0v) is 17.3. The third kappa shape index (κ3) is 3.30. The Morgan fingerprint density at radius 3 is 3.03 bits per heavy atom. The van der Waals surface area contributed by atoms with E-state index >= 15 is 0 Å². The van der Waals surface area contributed by atoms with Crippen molar-refractivity contribution in [2.75, 3.05) is 44.2 Å². The fourth-order valence-corrected chi connectivity index (χ4v) is 5.28. The van der Waals surface area contributed by atoms with Crippen molar-refractivity contribution in [3.63, 3.8) is 0 Å². The molecule has 5 rings (SSSR count). The maximum Gasteiger partial charge on any atom is 0.253 e. The number of amides is 1. The summed E-state index contributed by atoms with van der Waals surface area (Å²) in [5.74, 6) is 0.103. The summed E-state index contributed by atoms with van der Waals surface area (Å²) in [6.07, 6.45) is 3.40. The molecule has 1 amide bonds. The summed E-state index contributed by atoms with van der Waals surface area (Å²) in [5.41, 5.74) is 2.53. The van der Waals surface area contributed by atoms with Crippen LogP contribution in [0.1, 0.15) is 25.3 Å². The van der Waals surface area contributed by atoms with Crippen LogP contribution >= 0.6 is 0 Å². The van der Waals surface area contributed by atoms with E-state index in [-0.39, 0.29) is 17.4 Å². The first kappa shape index (κ1) is 19.3. The Bertz CT molecular complexity index is 1010.